The van der Waals surface area contributed by atoms with Crippen molar-refractivity contribution in [1.29, 1.82) is 0 Å². The van der Waals surface area contributed by atoms with Crippen molar-refractivity contribution < 1.29 is 28.5 Å². The molecule has 0 aliphatic carbocycles. The SMILES string of the molecule is COc1cc(C(=O)OCC(=O)c2ccccc2)c(N)c(OC)c1OC. The van der Waals surface area contributed by atoms with Crippen LogP contribution in [0.25, 0.3) is 0 Å². The van der Waals surface area contributed by atoms with Gasteiger partial charge in [0.15, 0.2) is 23.9 Å². The van der Waals surface area contributed by atoms with Crippen molar-refractivity contribution in [2.45, 2.75) is 0 Å². The highest BCUT2D eigenvalue weighted by Crippen LogP contribution is 2.43. The lowest BCUT2D eigenvalue weighted by atomic mass is 10.1. The van der Waals surface area contributed by atoms with Gasteiger partial charge in [0.1, 0.15) is 0 Å². The largest absolute Gasteiger partial charge is 0.493 e. The molecule has 7 heteroatoms. The maximum absolute atomic E-state index is 12.3. The van der Waals surface area contributed by atoms with Crippen molar-refractivity contribution in [2.75, 3.05) is 33.7 Å². The highest BCUT2D eigenvalue weighted by Gasteiger charge is 2.24. The summed E-state index contributed by atoms with van der Waals surface area (Å²) in [6.45, 7) is -0.404. The van der Waals surface area contributed by atoms with Crippen LogP contribution in [0.4, 0.5) is 5.69 Å². The minimum Gasteiger partial charge on any atom is -0.493 e. The molecule has 2 N–H and O–H groups in total. The topological polar surface area (TPSA) is 97.1 Å². The van der Waals surface area contributed by atoms with E-state index in [1.54, 1.807) is 30.3 Å². The maximum Gasteiger partial charge on any atom is 0.340 e. The fourth-order valence-corrected chi connectivity index (χ4v) is 2.26. The maximum atomic E-state index is 12.3. The number of nitrogens with two attached hydrogens (primary N) is 1. The molecular weight excluding hydrogens is 326 g/mol. The van der Waals surface area contributed by atoms with Crippen molar-refractivity contribution in [3.8, 4) is 17.2 Å². The van der Waals surface area contributed by atoms with E-state index in [-0.39, 0.29) is 34.3 Å². The van der Waals surface area contributed by atoms with Gasteiger partial charge in [-0.15, -0.1) is 0 Å². The number of esters is 1. The van der Waals surface area contributed by atoms with E-state index < -0.39 is 12.6 Å². The first-order valence-corrected chi connectivity index (χ1v) is 7.37. The summed E-state index contributed by atoms with van der Waals surface area (Å²) >= 11 is 0. The van der Waals surface area contributed by atoms with Gasteiger partial charge in [0.2, 0.25) is 5.75 Å². The Kier molecular flexibility index (Phi) is 5.84. The summed E-state index contributed by atoms with van der Waals surface area (Å²) in [5.74, 6) is -0.404. The number of Topliss-reactive ketones (excluding diaryl/α,β-unsaturated/α-hetero) is 1. The molecule has 7 nitrogen and oxygen atoms in total. The molecule has 25 heavy (non-hydrogen) atoms. The van der Waals surface area contributed by atoms with Crippen molar-refractivity contribution >= 4 is 17.4 Å². The summed E-state index contributed by atoms with van der Waals surface area (Å²) in [7, 11) is 4.24. The Morgan fingerprint density at radius 3 is 2.16 bits per heavy atom. The third kappa shape index (κ3) is 3.82. The van der Waals surface area contributed by atoms with Crippen LogP contribution in [0.5, 0.6) is 17.2 Å². The molecule has 0 unspecified atom stereocenters. The first-order valence-electron chi connectivity index (χ1n) is 7.37. The van der Waals surface area contributed by atoms with Crippen molar-refractivity contribution in [3.05, 3.63) is 47.5 Å². The van der Waals surface area contributed by atoms with Crippen LogP contribution in [0.3, 0.4) is 0 Å². The van der Waals surface area contributed by atoms with Crippen LogP contribution >= 0.6 is 0 Å². The molecule has 0 fully saturated rings. The zero-order valence-corrected chi connectivity index (χ0v) is 14.2. The number of methoxy groups -OCH3 is 3. The number of benzene rings is 2. The number of nitrogen functional groups attached to an aromatic ring is 1. The molecule has 0 saturated heterocycles. The molecular formula is C18H19NO6. The lowest BCUT2D eigenvalue weighted by molar-refractivity contribution is 0.0475. The molecule has 0 bridgehead atoms. The molecule has 2 aromatic rings. The first-order chi connectivity index (χ1) is 12.0. The molecule has 0 aromatic heterocycles. The zero-order chi connectivity index (χ0) is 18.4. The summed E-state index contributed by atoms with van der Waals surface area (Å²) in [6, 6.07) is 9.91. The molecule has 0 aliphatic heterocycles. The van der Waals surface area contributed by atoms with Gasteiger partial charge in [-0.1, -0.05) is 30.3 Å². The number of ketones is 1. The summed E-state index contributed by atoms with van der Waals surface area (Å²) < 4.78 is 20.6. The fourth-order valence-electron chi connectivity index (χ4n) is 2.26. The van der Waals surface area contributed by atoms with Gasteiger partial charge in [-0.3, -0.25) is 4.79 Å². The molecule has 0 radical (unpaired) electrons. The Morgan fingerprint density at radius 2 is 1.60 bits per heavy atom. The third-order valence-corrected chi connectivity index (χ3v) is 3.52. The minimum absolute atomic E-state index is 0.0235. The number of rotatable bonds is 7. The van der Waals surface area contributed by atoms with E-state index in [2.05, 4.69) is 0 Å². The lowest BCUT2D eigenvalue weighted by Gasteiger charge is -2.16. The number of hydrogen-bond donors (Lipinski definition) is 1. The minimum atomic E-state index is -0.763. The Labute approximate surface area is 145 Å². The van der Waals surface area contributed by atoms with Crippen LogP contribution in [-0.2, 0) is 4.74 Å². The molecule has 0 amide bonds. The van der Waals surface area contributed by atoms with Crippen LogP contribution in [0, 0.1) is 0 Å². The number of hydrogen-bond acceptors (Lipinski definition) is 7. The van der Waals surface area contributed by atoms with Crippen LogP contribution in [0.1, 0.15) is 20.7 Å². The number of anilines is 1. The van der Waals surface area contributed by atoms with Gasteiger partial charge in [0.25, 0.3) is 0 Å². The fraction of sp³-hybridized carbons (Fsp3) is 0.222. The quantitative estimate of drug-likeness (QED) is 0.467. The zero-order valence-electron chi connectivity index (χ0n) is 14.2. The molecule has 132 valence electrons. The first kappa shape index (κ1) is 18.1. The van der Waals surface area contributed by atoms with Crippen LogP contribution in [-0.4, -0.2) is 39.7 Å². The molecule has 0 spiro atoms. The second kappa shape index (κ2) is 8.05. The van der Waals surface area contributed by atoms with E-state index in [0.717, 1.165) is 0 Å². The predicted octanol–water partition coefficient (Wildman–Crippen LogP) is 2.33. The van der Waals surface area contributed by atoms with Gasteiger partial charge >= 0.3 is 5.97 Å². The Bertz CT molecular complexity index is 773. The van der Waals surface area contributed by atoms with Crippen molar-refractivity contribution in [3.63, 3.8) is 0 Å². The molecule has 0 saturated carbocycles. The average molecular weight is 345 g/mol. The van der Waals surface area contributed by atoms with Crippen LogP contribution < -0.4 is 19.9 Å². The van der Waals surface area contributed by atoms with Gasteiger partial charge in [0.05, 0.1) is 32.6 Å². The molecule has 2 rings (SSSR count). The molecule has 0 heterocycles. The Balaban J connectivity index is 2.23. The van der Waals surface area contributed by atoms with Gasteiger partial charge in [-0.25, -0.2) is 4.79 Å². The highest BCUT2D eigenvalue weighted by atomic mass is 16.5. The number of ether oxygens (including phenoxy) is 4. The smallest absolute Gasteiger partial charge is 0.340 e. The summed E-state index contributed by atoms with van der Waals surface area (Å²) in [6.07, 6.45) is 0. The second-order valence-electron chi connectivity index (χ2n) is 4.97. The monoisotopic (exact) mass is 345 g/mol. The summed E-state index contributed by atoms with van der Waals surface area (Å²) in [5.41, 5.74) is 6.48. The van der Waals surface area contributed by atoms with E-state index in [1.165, 1.54) is 27.4 Å². The van der Waals surface area contributed by atoms with Gasteiger partial charge in [-0.05, 0) is 0 Å². The summed E-state index contributed by atoms with van der Waals surface area (Å²) in [5, 5.41) is 0. The predicted molar refractivity (Wildman–Crippen MR) is 91.6 cm³/mol. The second-order valence-corrected chi connectivity index (χ2v) is 4.97. The van der Waals surface area contributed by atoms with Gasteiger partial charge in [-0.2, -0.15) is 0 Å². The van der Waals surface area contributed by atoms with Gasteiger partial charge in [0, 0.05) is 11.6 Å². The van der Waals surface area contributed by atoms with Crippen LogP contribution in [0.2, 0.25) is 0 Å². The standard InChI is InChI=1S/C18H19NO6/c1-22-14-9-12(15(19)17(24-3)16(14)23-2)18(21)25-10-13(20)11-7-5-4-6-8-11/h4-9H,10,19H2,1-3H3. The van der Waals surface area contributed by atoms with E-state index >= 15 is 0 Å². The number of carbonyl (C=O) groups excluding carboxylic acids is 2. The van der Waals surface area contributed by atoms with E-state index in [4.69, 9.17) is 24.7 Å². The van der Waals surface area contributed by atoms with Crippen molar-refractivity contribution in [2.24, 2.45) is 0 Å². The molecule has 0 aliphatic rings. The number of carbonyl (C=O) groups is 2. The third-order valence-electron chi connectivity index (χ3n) is 3.52. The molecule has 2 aromatic carbocycles. The average Bonchev–Trinajstić information content (AvgIpc) is 2.65. The van der Waals surface area contributed by atoms with E-state index in [0.29, 0.717) is 5.56 Å². The van der Waals surface area contributed by atoms with E-state index in [9.17, 15) is 9.59 Å². The normalized spacial score (nSPS) is 10.0. The lowest BCUT2D eigenvalue weighted by Crippen LogP contribution is -2.16. The molecule has 0 atom stereocenters. The Hall–Kier alpha value is -3.22. The van der Waals surface area contributed by atoms with Gasteiger partial charge < -0.3 is 24.7 Å². The van der Waals surface area contributed by atoms with E-state index in [1.807, 2.05) is 0 Å². The van der Waals surface area contributed by atoms with Crippen molar-refractivity contribution in [1.82, 2.24) is 0 Å². The highest BCUT2D eigenvalue weighted by molar-refractivity contribution is 6.02. The van der Waals surface area contributed by atoms with Crippen LogP contribution in [0.15, 0.2) is 36.4 Å². The summed E-state index contributed by atoms with van der Waals surface area (Å²) in [4.78, 5) is 24.4. The Morgan fingerprint density at radius 1 is 0.960 bits per heavy atom.